The molecule has 1 unspecified atom stereocenters. The van der Waals surface area contributed by atoms with Crippen molar-refractivity contribution in [3.63, 3.8) is 0 Å². The summed E-state index contributed by atoms with van der Waals surface area (Å²) in [5.74, 6) is 1.76. The monoisotopic (exact) mass is 255 g/mol. The van der Waals surface area contributed by atoms with Crippen LogP contribution in [-0.2, 0) is 0 Å². The second kappa shape index (κ2) is 3.14. The molecule has 0 aromatic heterocycles. The van der Waals surface area contributed by atoms with Gasteiger partial charge in [0.05, 0.1) is 0 Å². The zero-order chi connectivity index (χ0) is 9.54. The third-order valence-corrected chi connectivity index (χ3v) is 3.39. The maximum Gasteiger partial charge on any atom is 0.231 e. The molecule has 0 bridgehead atoms. The summed E-state index contributed by atoms with van der Waals surface area (Å²) in [6.45, 7) is 1.42. The molecule has 0 spiro atoms. The zero-order valence-corrected chi connectivity index (χ0v) is 9.13. The maximum atomic E-state index is 5.48. The van der Waals surface area contributed by atoms with Crippen molar-refractivity contribution in [2.45, 2.75) is 12.5 Å². The van der Waals surface area contributed by atoms with Crippen LogP contribution >= 0.6 is 15.9 Å². The van der Waals surface area contributed by atoms with Gasteiger partial charge in [-0.05, 0) is 25.1 Å². The van der Waals surface area contributed by atoms with Crippen molar-refractivity contribution in [1.82, 2.24) is 5.32 Å². The van der Waals surface area contributed by atoms with Gasteiger partial charge in [0.15, 0.2) is 11.5 Å². The topological polar surface area (TPSA) is 30.5 Å². The minimum atomic E-state index is 0.339. The largest absolute Gasteiger partial charge is 0.454 e. The molecular weight excluding hydrogens is 246 g/mol. The Labute approximate surface area is 90.5 Å². The molecule has 1 atom stereocenters. The second-order valence-electron chi connectivity index (χ2n) is 3.49. The molecule has 4 heteroatoms. The molecule has 1 N–H and O–H groups in total. The van der Waals surface area contributed by atoms with Crippen molar-refractivity contribution in [2.75, 3.05) is 13.3 Å². The molecule has 0 saturated carbocycles. The number of hydrogen-bond donors (Lipinski definition) is 1. The standard InChI is InChI=1S/C10H10BrNO2/c11-6-1-2-8-10(14-5-13-8)9(6)7-3-4-12-7/h1-2,7,12H,3-5H2. The molecule has 1 aromatic rings. The van der Waals surface area contributed by atoms with Gasteiger partial charge in [-0.15, -0.1) is 0 Å². The number of rotatable bonds is 1. The molecule has 3 nitrogen and oxygen atoms in total. The molecule has 3 rings (SSSR count). The van der Waals surface area contributed by atoms with Gasteiger partial charge in [0.1, 0.15) is 0 Å². The highest BCUT2D eigenvalue weighted by Crippen LogP contribution is 2.44. The molecule has 0 radical (unpaired) electrons. The number of halogens is 1. The second-order valence-corrected chi connectivity index (χ2v) is 4.34. The summed E-state index contributed by atoms with van der Waals surface area (Å²) >= 11 is 3.55. The van der Waals surface area contributed by atoms with Crippen LogP contribution in [0, 0.1) is 0 Å². The van der Waals surface area contributed by atoms with E-state index >= 15 is 0 Å². The van der Waals surface area contributed by atoms with E-state index in [-0.39, 0.29) is 0 Å². The fourth-order valence-electron chi connectivity index (χ4n) is 1.83. The van der Waals surface area contributed by atoms with E-state index in [2.05, 4.69) is 21.2 Å². The van der Waals surface area contributed by atoms with E-state index in [1.54, 1.807) is 0 Å². The van der Waals surface area contributed by atoms with Crippen LogP contribution in [0.5, 0.6) is 11.5 Å². The zero-order valence-electron chi connectivity index (χ0n) is 7.55. The highest BCUT2D eigenvalue weighted by atomic mass is 79.9. The van der Waals surface area contributed by atoms with Crippen molar-refractivity contribution in [2.24, 2.45) is 0 Å². The lowest BCUT2D eigenvalue weighted by molar-refractivity contribution is 0.172. The molecule has 0 amide bonds. The Balaban J connectivity index is 2.11. The first-order chi connectivity index (χ1) is 6.86. The molecule has 2 aliphatic heterocycles. The minimum absolute atomic E-state index is 0.339. The van der Waals surface area contributed by atoms with Gasteiger partial charge in [-0.1, -0.05) is 15.9 Å². The van der Waals surface area contributed by atoms with Crippen LogP contribution in [0.1, 0.15) is 18.0 Å². The Morgan fingerprint density at radius 2 is 2.21 bits per heavy atom. The molecule has 2 heterocycles. The third kappa shape index (κ3) is 1.14. The van der Waals surface area contributed by atoms with Crippen LogP contribution in [-0.4, -0.2) is 13.3 Å². The highest BCUT2D eigenvalue weighted by molar-refractivity contribution is 9.10. The number of ether oxygens (including phenoxy) is 2. The Morgan fingerprint density at radius 3 is 2.93 bits per heavy atom. The van der Waals surface area contributed by atoms with Gasteiger partial charge in [-0.3, -0.25) is 0 Å². The van der Waals surface area contributed by atoms with Gasteiger partial charge in [-0.25, -0.2) is 0 Å². The summed E-state index contributed by atoms with van der Waals surface area (Å²) < 4.78 is 11.9. The number of hydrogen-bond acceptors (Lipinski definition) is 3. The summed E-state index contributed by atoms with van der Waals surface area (Å²) in [4.78, 5) is 0. The van der Waals surface area contributed by atoms with Gasteiger partial charge in [0.25, 0.3) is 0 Å². The summed E-state index contributed by atoms with van der Waals surface area (Å²) in [5.41, 5.74) is 1.20. The summed E-state index contributed by atoms with van der Waals surface area (Å²) in [7, 11) is 0. The molecule has 74 valence electrons. The summed E-state index contributed by atoms with van der Waals surface area (Å²) in [6.07, 6.45) is 1.17. The number of benzene rings is 1. The first-order valence-electron chi connectivity index (χ1n) is 4.67. The number of fused-ring (bicyclic) bond motifs is 1. The predicted octanol–water partition coefficient (Wildman–Crippen LogP) is 2.21. The molecule has 14 heavy (non-hydrogen) atoms. The summed E-state index contributed by atoms with van der Waals surface area (Å²) in [6, 6.07) is 4.37. The van der Waals surface area contributed by atoms with Crippen molar-refractivity contribution >= 4 is 15.9 Å². The van der Waals surface area contributed by atoms with E-state index in [9.17, 15) is 0 Å². The van der Waals surface area contributed by atoms with Crippen molar-refractivity contribution in [3.05, 3.63) is 22.2 Å². The first-order valence-corrected chi connectivity index (χ1v) is 5.47. The van der Waals surface area contributed by atoms with E-state index < -0.39 is 0 Å². The fraction of sp³-hybridized carbons (Fsp3) is 0.400. The van der Waals surface area contributed by atoms with E-state index in [0.717, 1.165) is 22.5 Å². The average Bonchev–Trinajstić information content (AvgIpc) is 2.54. The average molecular weight is 256 g/mol. The van der Waals surface area contributed by atoms with E-state index in [0.29, 0.717) is 12.8 Å². The van der Waals surface area contributed by atoms with Gasteiger partial charge >= 0.3 is 0 Å². The van der Waals surface area contributed by atoms with Crippen LogP contribution in [0.3, 0.4) is 0 Å². The predicted molar refractivity (Wildman–Crippen MR) is 55.6 cm³/mol. The smallest absolute Gasteiger partial charge is 0.231 e. The van der Waals surface area contributed by atoms with E-state index in [4.69, 9.17) is 9.47 Å². The highest BCUT2D eigenvalue weighted by Gasteiger charge is 2.29. The lowest BCUT2D eigenvalue weighted by atomic mass is 9.97. The Bertz CT molecular complexity index is 377. The van der Waals surface area contributed by atoms with Crippen LogP contribution in [0.4, 0.5) is 0 Å². The fourth-order valence-corrected chi connectivity index (χ4v) is 2.42. The third-order valence-electron chi connectivity index (χ3n) is 2.70. The van der Waals surface area contributed by atoms with Crippen LogP contribution in [0.15, 0.2) is 16.6 Å². The van der Waals surface area contributed by atoms with Gasteiger partial charge in [0.2, 0.25) is 6.79 Å². The van der Waals surface area contributed by atoms with Crippen LogP contribution in [0.2, 0.25) is 0 Å². The Hall–Kier alpha value is -0.740. The quantitative estimate of drug-likeness (QED) is 0.835. The normalized spacial score (nSPS) is 23.4. The maximum absolute atomic E-state index is 5.48. The Morgan fingerprint density at radius 1 is 1.36 bits per heavy atom. The molecule has 1 aromatic carbocycles. The summed E-state index contributed by atoms with van der Waals surface area (Å²) in [5, 5.41) is 3.37. The lowest BCUT2D eigenvalue weighted by Crippen LogP contribution is -2.35. The van der Waals surface area contributed by atoms with Gasteiger partial charge < -0.3 is 14.8 Å². The molecule has 0 aliphatic carbocycles. The minimum Gasteiger partial charge on any atom is -0.454 e. The molecule has 1 fully saturated rings. The molecular formula is C10H10BrNO2. The first kappa shape index (κ1) is 8.56. The van der Waals surface area contributed by atoms with Crippen molar-refractivity contribution < 1.29 is 9.47 Å². The van der Waals surface area contributed by atoms with Crippen LogP contribution < -0.4 is 14.8 Å². The number of nitrogens with one attached hydrogen (secondary N) is 1. The molecule has 2 aliphatic rings. The van der Waals surface area contributed by atoms with Crippen molar-refractivity contribution in [1.29, 1.82) is 0 Å². The SMILES string of the molecule is Brc1ccc2c(c1C1CCN1)OCO2. The molecule has 1 saturated heterocycles. The van der Waals surface area contributed by atoms with Gasteiger partial charge in [-0.2, -0.15) is 0 Å². The lowest BCUT2D eigenvalue weighted by Gasteiger charge is -2.29. The van der Waals surface area contributed by atoms with E-state index in [1.807, 2.05) is 12.1 Å². The van der Waals surface area contributed by atoms with Crippen molar-refractivity contribution in [3.8, 4) is 11.5 Å². The Kier molecular flexibility index (Phi) is 1.92. The van der Waals surface area contributed by atoms with Gasteiger partial charge in [0, 0.05) is 16.1 Å². The van der Waals surface area contributed by atoms with E-state index in [1.165, 1.54) is 12.0 Å². The van der Waals surface area contributed by atoms with Crippen LogP contribution in [0.25, 0.3) is 0 Å².